The lowest BCUT2D eigenvalue weighted by Crippen LogP contribution is -2.04. The summed E-state index contributed by atoms with van der Waals surface area (Å²) in [6, 6.07) is 8.22. The van der Waals surface area contributed by atoms with Crippen LogP contribution in [0.5, 0.6) is 5.75 Å². The third kappa shape index (κ3) is 1.90. The minimum absolute atomic E-state index is 0.495. The lowest BCUT2D eigenvalue weighted by Gasteiger charge is -2.17. The highest BCUT2D eigenvalue weighted by molar-refractivity contribution is 5.31. The summed E-state index contributed by atoms with van der Waals surface area (Å²) >= 11 is 0. The van der Waals surface area contributed by atoms with Crippen LogP contribution in [0.25, 0.3) is 0 Å². The van der Waals surface area contributed by atoms with Gasteiger partial charge in [0.15, 0.2) is 0 Å². The van der Waals surface area contributed by atoms with Crippen molar-refractivity contribution in [2.24, 2.45) is 0 Å². The molecule has 1 atom stereocenters. The van der Waals surface area contributed by atoms with Gasteiger partial charge in [0.2, 0.25) is 0 Å². The predicted molar refractivity (Wildman–Crippen MR) is 55.4 cm³/mol. The van der Waals surface area contributed by atoms with Gasteiger partial charge in [-0.3, -0.25) is 0 Å². The normalized spacial score (nSPS) is 20.2. The molecule has 1 aliphatic rings. The SMILES string of the molecule is COc1ccc(C2C=COCC2)cc1. The van der Waals surface area contributed by atoms with E-state index in [-0.39, 0.29) is 0 Å². The number of rotatable bonds is 2. The van der Waals surface area contributed by atoms with Gasteiger partial charge >= 0.3 is 0 Å². The van der Waals surface area contributed by atoms with Crippen molar-refractivity contribution in [3.63, 3.8) is 0 Å². The Hall–Kier alpha value is -1.44. The molecule has 0 saturated carbocycles. The van der Waals surface area contributed by atoms with Crippen molar-refractivity contribution in [3.8, 4) is 5.75 Å². The van der Waals surface area contributed by atoms with Gasteiger partial charge in [0.1, 0.15) is 5.75 Å². The van der Waals surface area contributed by atoms with Crippen molar-refractivity contribution in [2.45, 2.75) is 12.3 Å². The van der Waals surface area contributed by atoms with Crippen molar-refractivity contribution in [3.05, 3.63) is 42.2 Å². The van der Waals surface area contributed by atoms with Crippen LogP contribution in [0.3, 0.4) is 0 Å². The lowest BCUT2D eigenvalue weighted by atomic mass is 9.95. The molecule has 0 saturated heterocycles. The fourth-order valence-electron chi connectivity index (χ4n) is 1.64. The number of allylic oxidation sites excluding steroid dienone is 1. The maximum Gasteiger partial charge on any atom is 0.118 e. The molecule has 1 aromatic rings. The van der Waals surface area contributed by atoms with Gasteiger partial charge in [0.05, 0.1) is 20.0 Å². The van der Waals surface area contributed by atoms with Gasteiger partial charge in [-0.2, -0.15) is 0 Å². The molecule has 0 amide bonds. The Bertz CT molecular complexity index is 314. The minimum atomic E-state index is 0.495. The Morgan fingerprint density at radius 1 is 1.29 bits per heavy atom. The average Bonchev–Trinajstić information content (AvgIpc) is 2.30. The van der Waals surface area contributed by atoms with Crippen LogP contribution < -0.4 is 4.74 Å². The van der Waals surface area contributed by atoms with E-state index in [2.05, 4.69) is 18.2 Å². The molecule has 0 spiro atoms. The number of methoxy groups -OCH3 is 1. The van der Waals surface area contributed by atoms with Gasteiger partial charge in [-0.1, -0.05) is 12.1 Å². The third-order valence-corrected chi connectivity index (χ3v) is 2.50. The van der Waals surface area contributed by atoms with Crippen LogP contribution in [0.2, 0.25) is 0 Å². The number of benzene rings is 1. The molecular weight excluding hydrogens is 176 g/mol. The largest absolute Gasteiger partial charge is 0.501 e. The summed E-state index contributed by atoms with van der Waals surface area (Å²) in [7, 11) is 1.68. The molecular formula is C12H14O2. The second-order valence-electron chi connectivity index (χ2n) is 3.37. The average molecular weight is 190 g/mol. The van der Waals surface area contributed by atoms with E-state index < -0.39 is 0 Å². The maximum absolute atomic E-state index is 5.16. The smallest absolute Gasteiger partial charge is 0.118 e. The van der Waals surface area contributed by atoms with E-state index in [1.807, 2.05) is 12.1 Å². The Morgan fingerprint density at radius 2 is 2.07 bits per heavy atom. The molecule has 2 rings (SSSR count). The van der Waals surface area contributed by atoms with E-state index >= 15 is 0 Å². The van der Waals surface area contributed by atoms with Crippen molar-refractivity contribution < 1.29 is 9.47 Å². The van der Waals surface area contributed by atoms with Gasteiger partial charge in [0.25, 0.3) is 0 Å². The summed E-state index contributed by atoms with van der Waals surface area (Å²) < 4.78 is 10.3. The number of hydrogen-bond acceptors (Lipinski definition) is 2. The molecule has 1 aromatic carbocycles. The Morgan fingerprint density at radius 3 is 2.64 bits per heavy atom. The topological polar surface area (TPSA) is 18.5 Å². The van der Waals surface area contributed by atoms with Crippen LogP contribution in [0, 0.1) is 0 Å². The van der Waals surface area contributed by atoms with Crippen LogP contribution in [0.15, 0.2) is 36.6 Å². The first-order valence-electron chi connectivity index (χ1n) is 4.82. The molecule has 0 aromatic heterocycles. The van der Waals surface area contributed by atoms with E-state index in [4.69, 9.17) is 9.47 Å². The van der Waals surface area contributed by atoms with Crippen molar-refractivity contribution in [2.75, 3.05) is 13.7 Å². The van der Waals surface area contributed by atoms with Gasteiger partial charge in [-0.05, 0) is 30.2 Å². The maximum atomic E-state index is 5.16. The third-order valence-electron chi connectivity index (χ3n) is 2.50. The van der Waals surface area contributed by atoms with E-state index in [1.54, 1.807) is 13.4 Å². The van der Waals surface area contributed by atoms with Gasteiger partial charge in [-0.25, -0.2) is 0 Å². The summed E-state index contributed by atoms with van der Waals surface area (Å²) in [5.41, 5.74) is 1.32. The van der Waals surface area contributed by atoms with Gasteiger partial charge in [0, 0.05) is 5.92 Å². The zero-order chi connectivity index (χ0) is 9.80. The highest BCUT2D eigenvalue weighted by Crippen LogP contribution is 2.25. The molecule has 1 unspecified atom stereocenters. The second-order valence-corrected chi connectivity index (χ2v) is 3.37. The molecule has 0 radical (unpaired) electrons. The zero-order valence-corrected chi connectivity index (χ0v) is 8.27. The number of hydrogen-bond donors (Lipinski definition) is 0. The van der Waals surface area contributed by atoms with E-state index in [0.29, 0.717) is 5.92 Å². The van der Waals surface area contributed by atoms with Crippen molar-refractivity contribution >= 4 is 0 Å². The molecule has 2 heteroatoms. The first-order chi connectivity index (χ1) is 6.90. The summed E-state index contributed by atoms with van der Waals surface area (Å²) in [5.74, 6) is 1.40. The van der Waals surface area contributed by atoms with Crippen LogP contribution in [0.1, 0.15) is 17.9 Å². The van der Waals surface area contributed by atoms with Gasteiger partial charge < -0.3 is 9.47 Å². The molecule has 74 valence electrons. The first kappa shape index (κ1) is 9.13. The number of ether oxygens (including phenoxy) is 2. The Labute approximate surface area is 84.2 Å². The van der Waals surface area contributed by atoms with E-state index in [1.165, 1.54) is 5.56 Å². The molecule has 1 aliphatic heterocycles. The molecule has 14 heavy (non-hydrogen) atoms. The quantitative estimate of drug-likeness (QED) is 0.713. The molecule has 0 N–H and O–H groups in total. The first-order valence-corrected chi connectivity index (χ1v) is 4.82. The van der Waals surface area contributed by atoms with Crippen LogP contribution in [-0.2, 0) is 4.74 Å². The fraction of sp³-hybridized carbons (Fsp3) is 0.333. The van der Waals surface area contributed by atoms with E-state index in [9.17, 15) is 0 Å². The molecule has 0 bridgehead atoms. The highest BCUT2D eigenvalue weighted by Gasteiger charge is 2.11. The van der Waals surface area contributed by atoms with Gasteiger partial charge in [-0.15, -0.1) is 0 Å². The van der Waals surface area contributed by atoms with Crippen molar-refractivity contribution in [1.29, 1.82) is 0 Å². The Balaban J connectivity index is 2.15. The van der Waals surface area contributed by atoms with E-state index in [0.717, 1.165) is 18.8 Å². The minimum Gasteiger partial charge on any atom is -0.501 e. The molecule has 0 aliphatic carbocycles. The summed E-state index contributed by atoms with van der Waals surface area (Å²) in [6.07, 6.45) is 4.95. The fourth-order valence-corrected chi connectivity index (χ4v) is 1.64. The summed E-state index contributed by atoms with van der Waals surface area (Å²) in [6.45, 7) is 0.813. The van der Waals surface area contributed by atoms with Crippen LogP contribution in [0.4, 0.5) is 0 Å². The zero-order valence-electron chi connectivity index (χ0n) is 8.27. The lowest BCUT2D eigenvalue weighted by molar-refractivity contribution is 0.223. The predicted octanol–water partition coefficient (Wildman–Crippen LogP) is 2.71. The van der Waals surface area contributed by atoms with Crippen LogP contribution >= 0.6 is 0 Å². The second kappa shape index (κ2) is 4.18. The van der Waals surface area contributed by atoms with Crippen molar-refractivity contribution in [1.82, 2.24) is 0 Å². The summed E-state index contributed by atoms with van der Waals surface area (Å²) in [4.78, 5) is 0. The molecule has 1 heterocycles. The monoisotopic (exact) mass is 190 g/mol. The van der Waals surface area contributed by atoms with Crippen LogP contribution in [-0.4, -0.2) is 13.7 Å². The summed E-state index contributed by atoms with van der Waals surface area (Å²) in [5, 5.41) is 0. The molecule has 2 nitrogen and oxygen atoms in total. The Kier molecular flexibility index (Phi) is 2.73. The highest BCUT2D eigenvalue weighted by atomic mass is 16.5. The standard InChI is InChI=1S/C12H14O2/c1-13-12-4-2-10(3-5-12)11-6-8-14-9-7-11/h2-6,8,11H,7,9H2,1H3. The molecule has 0 fully saturated rings.